The Kier molecular flexibility index (Phi) is 18.1. The molecule has 7 nitrogen and oxygen atoms in total. The van der Waals surface area contributed by atoms with Crippen molar-refractivity contribution in [2.45, 2.75) is 13.8 Å². The highest BCUT2D eigenvalue weighted by Crippen LogP contribution is 1.44. The van der Waals surface area contributed by atoms with Crippen LogP contribution in [0.3, 0.4) is 0 Å². The van der Waals surface area contributed by atoms with Crippen LogP contribution >= 0.6 is 0 Å². The largest absolute Gasteiger partial charge is 0.481 e. The quantitative estimate of drug-likeness (QED) is 0.402. The van der Waals surface area contributed by atoms with Crippen molar-refractivity contribution >= 4 is 23.3 Å². The van der Waals surface area contributed by atoms with Crippen molar-refractivity contribution in [3.63, 3.8) is 0 Å². The van der Waals surface area contributed by atoms with Gasteiger partial charge < -0.3 is 10.2 Å². The second-order valence-corrected chi connectivity index (χ2v) is 1.73. The SMILES string of the molecule is CC(=O)O.CC(=O)O.O=S(O)O. The van der Waals surface area contributed by atoms with Crippen LogP contribution in [0.5, 0.6) is 0 Å². The predicted octanol–water partition coefficient (Wildman–Crippen LogP) is -0.137. The average molecular weight is 202 g/mol. The minimum Gasteiger partial charge on any atom is -0.481 e. The van der Waals surface area contributed by atoms with Gasteiger partial charge in [0.15, 0.2) is 0 Å². The molecule has 8 heteroatoms. The highest BCUT2D eigenvalue weighted by Gasteiger charge is 1.66. The fourth-order valence-electron chi connectivity index (χ4n) is 0. The van der Waals surface area contributed by atoms with Gasteiger partial charge in [0.05, 0.1) is 0 Å². The molecule has 0 amide bonds. The monoisotopic (exact) mass is 202 g/mol. The van der Waals surface area contributed by atoms with Crippen molar-refractivity contribution in [3.8, 4) is 0 Å². The number of carboxylic acid groups (broad SMARTS) is 2. The maximum Gasteiger partial charge on any atom is 0.300 e. The zero-order valence-electron chi connectivity index (χ0n) is 6.42. The number of hydrogen-bond acceptors (Lipinski definition) is 3. The van der Waals surface area contributed by atoms with Gasteiger partial charge in [0, 0.05) is 13.8 Å². The van der Waals surface area contributed by atoms with E-state index in [0.717, 1.165) is 13.8 Å². The first-order valence-electron chi connectivity index (χ1n) is 2.39. The van der Waals surface area contributed by atoms with E-state index < -0.39 is 23.3 Å². The Bertz CT molecular complexity index is 113. The Morgan fingerprint density at radius 1 is 1.00 bits per heavy atom. The van der Waals surface area contributed by atoms with Gasteiger partial charge in [0.25, 0.3) is 23.3 Å². The van der Waals surface area contributed by atoms with E-state index in [1.54, 1.807) is 0 Å². The fraction of sp³-hybridized carbons (Fsp3) is 0.500. The Labute approximate surface area is 71.1 Å². The number of carboxylic acids is 2. The smallest absolute Gasteiger partial charge is 0.300 e. The van der Waals surface area contributed by atoms with Crippen LogP contribution in [0.1, 0.15) is 13.8 Å². The van der Waals surface area contributed by atoms with Crippen LogP contribution in [-0.2, 0) is 21.0 Å². The average Bonchev–Trinajstić information content (AvgIpc) is 1.54. The van der Waals surface area contributed by atoms with Crippen molar-refractivity contribution in [1.29, 1.82) is 0 Å². The molecule has 0 saturated heterocycles. The standard InChI is InChI=1S/2C2H4O2.H2O3S/c2*1-2(3)4;1-4(2)3/h2*1H3,(H,3,4);(H2,1,2,3). The van der Waals surface area contributed by atoms with E-state index in [2.05, 4.69) is 0 Å². The number of carbonyl (C=O) groups is 2. The summed E-state index contributed by atoms with van der Waals surface area (Å²) in [7, 11) is 0. The van der Waals surface area contributed by atoms with Crippen LogP contribution in [-0.4, -0.2) is 35.5 Å². The first kappa shape index (κ1) is 17.2. The topological polar surface area (TPSA) is 132 Å². The summed E-state index contributed by atoms with van der Waals surface area (Å²) in [5.41, 5.74) is 0. The second kappa shape index (κ2) is 12.7. The predicted molar refractivity (Wildman–Crippen MR) is 40.0 cm³/mol. The van der Waals surface area contributed by atoms with E-state index in [9.17, 15) is 0 Å². The van der Waals surface area contributed by atoms with E-state index in [4.69, 9.17) is 33.1 Å². The van der Waals surface area contributed by atoms with Crippen LogP contribution in [0, 0.1) is 0 Å². The molecule has 74 valence electrons. The summed E-state index contributed by atoms with van der Waals surface area (Å²) >= 11 is -2.61. The lowest BCUT2D eigenvalue weighted by molar-refractivity contribution is -0.135. The summed E-state index contributed by atoms with van der Waals surface area (Å²) in [4.78, 5) is 18.0. The second-order valence-electron chi connectivity index (χ2n) is 1.27. The van der Waals surface area contributed by atoms with E-state index in [-0.39, 0.29) is 0 Å². The molecule has 0 aliphatic heterocycles. The van der Waals surface area contributed by atoms with Crippen LogP contribution in [0.4, 0.5) is 0 Å². The van der Waals surface area contributed by atoms with Crippen molar-refractivity contribution in [2.24, 2.45) is 0 Å². The zero-order chi connectivity index (χ0) is 10.7. The molecule has 0 unspecified atom stereocenters. The molecular formula is C4H10O7S. The molecule has 0 aliphatic rings. The van der Waals surface area contributed by atoms with E-state index in [0.29, 0.717) is 0 Å². The van der Waals surface area contributed by atoms with Gasteiger partial charge in [-0.2, -0.15) is 4.21 Å². The van der Waals surface area contributed by atoms with Gasteiger partial charge >= 0.3 is 0 Å². The molecule has 0 aromatic rings. The summed E-state index contributed by atoms with van der Waals surface area (Å²) in [6.07, 6.45) is 0. The first-order valence-corrected chi connectivity index (χ1v) is 3.45. The number of hydrogen-bond donors (Lipinski definition) is 4. The van der Waals surface area contributed by atoms with Crippen molar-refractivity contribution in [3.05, 3.63) is 0 Å². The summed E-state index contributed by atoms with van der Waals surface area (Å²) in [6.45, 7) is 2.17. The third-order valence-electron chi connectivity index (χ3n) is 0. The van der Waals surface area contributed by atoms with Crippen molar-refractivity contribution < 1.29 is 33.1 Å². The van der Waals surface area contributed by atoms with E-state index >= 15 is 0 Å². The third-order valence-corrected chi connectivity index (χ3v) is 0. The maximum absolute atomic E-state index is 9.00. The highest BCUT2D eigenvalue weighted by molar-refractivity contribution is 7.73. The molecule has 0 heterocycles. The Morgan fingerprint density at radius 2 is 1.00 bits per heavy atom. The highest BCUT2D eigenvalue weighted by atomic mass is 32.2. The maximum atomic E-state index is 9.00. The Hall–Kier alpha value is -0.990. The number of aliphatic carboxylic acids is 2. The molecule has 12 heavy (non-hydrogen) atoms. The molecule has 0 aliphatic carbocycles. The van der Waals surface area contributed by atoms with Gasteiger partial charge in [0.2, 0.25) is 0 Å². The molecule has 0 spiro atoms. The molecule has 0 rings (SSSR count). The summed E-state index contributed by atoms with van der Waals surface area (Å²) in [6, 6.07) is 0. The summed E-state index contributed by atoms with van der Waals surface area (Å²) in [5, 5.41) is 14.8. The summed E-state index contributed by atoms with van der Waals surface area (Å²) in [5.74, 6) is -1.67. The van der Waals surface area contributed by atoms with Gasteiger partial charge in [-0.3, -0.25) is 18.7 Å². The molecule has 0 fully saturated rings. The van der Waals surface area contributed by atoms with Gasteiger partial charge in [-0.1, -0.05) is 0 Å². The zero-order valence-corrected chi connectivity index (χ0v) is 7.24. The normalized spacial score (nSPS) is 7.08. The van der Waals surface area contributed by atoms with E-state index in [1.165, 1.54) is 0 Å². The van der Waals surface area contributed by atoms with Crippen LogP contribution in [0.2, 0.25) is 0 Å². The minimum atomic E-state index is -2.61. The van der Waals surface area contributed by atoms with Gasteiger partial charge in [-0.15, -0.1) is 0 Å². The van der Waals surface area contributed by atoms with Crippen LogP contribution < -0.4 is 0 Å². The molecule has 0 saturated carbocycles. The summed E-state index contributed by atoms with van der Waals surface area (Å²) < 4.78 is 22.8. The van der Waals surface area contributed by atoms with Gasteiger partial charge in [-0.25, -0.2) is 0 Å². The van der Waals surface area contributed by atoms with E-state index in [1.807, 2.05) is 0 Å². The molecule has 0 bridgehead atoms. The lowest BCUT2D eigenvalue weighted by Crippen LogP contribution is -1.78. The van der Waals surface area contributed by atoms with Crippen LogP contribution in [0.25, 0.3) is 0 Å². The van der Waals surface area contributed by atoms with Gasteiger partial charge in [-0.05, 0) is 0 Å². The van der Waals surface area contributed by atoms with Crippen molar-refractivity contribution in [2.75, 3.05) is 0 Å². The Morgan fingerprint density at radius 3 is 1.00 bits per heavy atom. The third kappa shape index (κ3) is 590. The molecular weight excluding hydrogens is 192 g/mol. The van der Waals surface area contributed by atoms with Crippen molar-refractivity contribution in [1.82, 2.24) is 0 Å². The lowest BCUT2D eigenvalue weighted by atomic mass is 10.9. The fourth-order valence-corrected chi connectivity index (χ4v) is 0. The number of rotatable bonds is 0. The molecule has 0 atom stereocenters. The molecule has 0 radical (unpaired) electrons. The Balaban J connectivity index is -0.000000101. The minimum absolute atomic E-state index is 0.833. The molecule has 0 aromatic carbocycles. The van der Waals surface area contributed by atoms with Crippen LogP contribution in [0.15, 0.2) is 0 Å². The first-order chi connectivity index (χ1) is 5.20. The van der Waals surface area contributed by atoms with Gasteiger partial charge in [0.1, 0.15) is 0 Å². The molecule has 0 aromatic heterocycles. The lowest BCUT2D eigenvalue weighted by Gasteiger charge is -1.59. The molecule has 4 N–H and O–H groups in total.